The molecule has 0 N–H and O–H groups in total. The molecule has 2 rings (SSSR count). The number of rotatable bonds is 3. The van der Waals surface area contributed by atoms with E-state index in [4.69, 9.17) is 16.3 Å². The normalized spacial score (nSPS) is 9.81. The number of aldehydes is 1. The van der Waals surface area contributed by atoms with E-state index >= 15 is 0 Å². The van der Waals surface area contributed by atoms with Gasteiger partial charge in [-0.15, -0.1) is 0 Å². The van der Waals surface area contributed by atoms with Crippen LogP contribution < -0.4 is 4.74 Å². The highest BCUT2D eigenvalue weighted by Crippen LogP contribution is 2.23. The third-order valence-corrected chi connectivity index (χ3v) is 2.30. The van der Waals surface area contributed by atoms with Crippen molar-refractivity contribution in [3.63, 3.8) is 0 Å². The molecule has 0 radical (unpaired) electrons. The van der Waals surface area contributed by atoms with Gasteiger partial charge in [0.15, 0.2) is 0 Å². The van der Waals surface area contributed by atoms with Crippen LogP contribution in [0.5, 0.6) is 11.5 Å². The number of halogens is 1. The minimum atomic E-state index is 0.589. The van der Waals surface area contributed by atoms with E-state index < -0.39 is 0 Å². The average molecular weight is 233 g/mol. The molecule has 16 heavy (non-hydrogen) atoms. The van der Waals surface area contributed by atoms with Crippen molar-refractivity contribution in [3.8, 4) is 11.5 Å². The Morgan fingerprint density at radius 3 is 2.44 bits per heavy atom. The molecule has 0 aliphatic carbocycles. The third kappa shape index (κ3) is 2.61. The Bertz CT molecular complexity index is 492. The Morgan fingerprint density at radius 1 is 1.00 bits per heavy atom. The van der Waals surface area contributed by atoms with Crippen LogP contribution in [0.15, 0.2) is 48.5 Å². The molecule has 0 aliphatic heterocycles. The number of benzene rings is 2. The molecule has 0 saturated carbocycles. The molecular weight excluding hydrogens is 224 g/mol. The van der Waals surface area contributed by atoms with Crippen molar-refractivity contribution in [3.05, 3.63) is 59.1 Å². The lowest BCUT2D eigenvalue weighted by Crippen LogP contribution is -1.85. The Labute approximate surface area is 98.4 Å². The number of hydrogen-bond donors (Lipinski definition) is 0. The number of hydrogen-bond acceptors (Lipinski definition) is 2. The summed E-state index contributed by atoms with van der Waals surface area (Å²) in [6, 6.07) is 14.0. The van der Waals surface area contributed by atoms with Crippen LogP contribution in [0, 0.1) is 0 Å². The van der Waals surface area contributed by atoms with Crippen molar-refractivity contribution in [1.82, 2.24) is 0 Å². The quantitative estimate of drug-likeness (QED) is 0.749. The monoisotopic (exact) mass is 232 g/mol. The summed E-state index contributed by atoms with van der Waals surface area (Å²) < 4.78 is 5.56. The molecule has 0 saturated heterocycles. The van der Waals surface area contributed by atoms with Crippen LogP contribution in [-0.2, 0) is 0 Å². The highest BCUT2D eigenvalue weighted by atomic mass is 35.5. The molecular formula is C13H9ClO2. The van der Waals surface area contributed by atoms with Crippen LogP contribution in [0.25, 0.3) is 0 Å². The Kier molecular flexibility index (Phi) is 3.22. The topological polar surface area (TPSA) is 26.3 Å². The maximum Gasteiger partial charge on any atom is 0.150 e. The number of carbonyl (C=O) groups is 1. The van der Waals surface area contributed by atoms with Crippen LogP contribution in [0.4, 0.5) is 0 Å². The van der Waals surface area contributed by atoms with E-state index in [1.165, 1.54) is 0 Å². The fourth-order valence-electron chi connectivity index (χ4n) is 1.29. The first kappa shape index (κ1) is 10.7. The molecule has 3 heteroatoms. The summed E-state index contributed by atoms with van der Waals surface area (Å²) in [6.45, 7) is 0. The van der Waals surface area contributed by atoms with Crippen molar-refractivity contribution in [2.75, 3.05) is 0 Å². The van der Waals surface area contributed by atoms with E-state index in [0.29, 0.717) is 22.1 Å². The van der Waals surface area contributed by atoms with Crippen molar-refractivity contribution in [2.45, 2.75) is 0 Å². The van der Waals surface area contributed by atoms with Crippen molar-refractivity contribution < 1.29 is 9.53 Å². The van der Waals surface area contributed by atoms with Crippen LogP contribution in [0.1, 0.15) is 10.4 Å². The lowest BCUT2D eigenvalue weighted by atomic mass is 10.2. The van der Waals surface area contributed by atoms with Crippen molar-refractivity contribution in [2.24, 2.45) is 0 Å². The van der Waals surface area contributed by atoms with Gasteiger partial charge in [-0.05, 0) is 36.4 Å². The van der Waals surface area contributed by atoms with Crippen molar-refractivity contribution in [1.29, 1.82) is 0 Å². The van der Waals surface area contributed by atoms with Gasteiger partial charge in [0.1, 0.15) is 17.8 Å². The van der Waals surface area contributed by atoms with E-state index in [0.717, 1.165) is 6.29 Å². The zero-order valence-electron chi connectivity index (χ0n) is 8.39. The predicted octanol–water partition coefficient (Wildman–Crippen LogP) is 3.94. The standard InChI is InChI=1S/C13H9ClO2/c14-11-4-6-12(7-5-11)16-13-3-1-2-10(8-13)9-15/h1-9H. The van der Waals surface area contributed by atoms with Crippen LogP contribution in [-0.4, -0.2) is 6.29 Å². The van der Waals surface area contributed by atoms with Gasteiger partial charge >= 0.3 is 0 Å². The lowest BCUT2D eigenvalue weighted by molar-refractivity contribution is 0.112. The minimum Gasteiger partial charge on any atom is -0.457 e. The predicted molar refractivity (Wildman–Crippen MR) is 63.4 cm³/mol. The van der Waals surface area contributed by atoms with Gasteiger partial charge < -0.3 is 4.74 Å². The average Bonchev–Trinajstić information content (AvgIpc) is 2.32. The summed E-state index contributed by atoms with van der Waals surface area (Å²) in [4.78, 5) is 10.6. The summed E-state index contributed by atoms with van der Waals surface area (Å²) in [7, 11) is 0. The van der Waals surface area contributed by atoms with Gasteiger partial charge in [0.05, 0.1) is 0 Å². The highest BCUT2D eigenvalue weighted by Gasteiger charge is 1.98. The first-order valence-corrected chi connectivity index (χ1v) is 5.14. The van der Waals surface area contributed by atoms with E-state index in [1.54, 1.807) is 48.5 Å². The fourth-order valence-corrected chi connectivity index (χ4v) is 1.42. The van der Waals surface area contributed by atoms with Gasteiger partial charge in [0.2, 0.25) is 0 Å². The zero-order valence-corrected chi connectivity index (χ0v) is 9.15. The minimum absolute atomic E-state index is 0.589. The molecule has 0 heterocycles. The number of carbonyl (C=O) groups excluding carboxylic acids is 1. The summed E-state index contributed by atoms with van der Waals surface area (Å²) in [6.07, 6.45) is 0.786. The molecule has 2 aromatic carbocycles. The summed E-state index contributed by atoms with van der Waals surface area (Å²) in [5, 5.41) is 0.661. The number of ether oxygens (including phenoxy) is 1. The molecule has 0 bridgehead atoms. The second-order valence-electron chi connectivity index (χ2n) is 3.25. The molecule has 2 aromatic rings. The SMILES string of the molecule is O=Cc1cccc(Oc2ccc(Cl)cc2)c1. The van der Waals surface area contributed by atoms with Gasteiger partial charge in [0.25, 0.3) is 0 Å². The molecule has 0 fully saturated rings. The molecule has 0 amide bonds. The lowest BCUT2D eigenvalue weighted by Gasteiger charge is -2.05. The second kappa shape index (κ2) is 4.81. The molecule has 80 valence electrons. The van der Waals surface area contributed by atoms with Crippen LogP contribution in [0.2, 0.25) is 5.02 Å². The van der Waals surface area contributed by atoms with Gasteiger partial charge in [-0.25, -0.2) is 0 Å². The molecule has 0 unspecified atom stereocenters. The van der Waals surface area contributed by atoms with Gasteiger partial charge in [-0.3, -0.25) is 4.79 Å². The van der Waals surface area contributed by atoms with Crippen LogP contribution >= 0.6 is 11.6 Å². The zero-order chi connectivity index (χ0) is 11.4. The summed E-state index contributed by atoms with van der Waals surface area (Å²) in [5.74, 6) is 1.32. The highest BCUT2D eigenvalue weighted by molar-refractivity contribution is 6.30. The largest absolute Gasteiger partial charge is 0.457 e. The Morgan fingerprint density at radius 2 is 1.75 bits per heavy atom. The third-order valence-electron chi connectivity index (χ3n) is 2.04. The fraction of sp³-hybridized carbons (Fsp3) is 0. The van der Waals surface area contributed by atoms with Crippen molar-refractivity contribution >= 4 is 17.9 Å². The molecule has 0 aliphatic rings. The first-order valence-electron chi connectivity index (χ1n) is 4.76. The maximum absolute atomic E-state index is 10.6. The Balaban J connectivity index is 2.20. The molecule has 0 aromatic heterocycles. The first-order chi connectivity index (χ1) is 7.78. The maximum atomic E-state index is 10.6. The second-order valence-corrected chi connectivity index (χ2v) is 3.68. The summed E-state index contributed by atoms with van der Waals surface area (Å²) >= 11 is 5.76. The van der Waals surface area contributed by atoms with Gasteiger partial charge in [0, 0.05) is 10.6 Å². The molecule has 0 atom stereocenters. The molecule has 2 nitrogen and oxygen atoms in total. The van der Waals surface area contributed by atoms with E-state index in [1.807, 2.05) is 0 Å². The molecule has 0 spiro atoms. The van der Waals surface area contributed by atoms with E-state index in [-0.39, 0.29) is 0 Å². The van der Waals surface area contributed by atoms with E-state index in [2.05, 4.69) is 0 Å². The van der Waals surface area contributed by atoms with E-state index in [9.17, 15) is 4.79 Å². The smallest absolute Gasteiger partial charge is 0.150 e. The summed E-state index contributed by atoms with van der Waals surface area (Å²) in [5.41, 5.74) is 0.589. The Hall–Kier alpha value is -1.80. The van der Waals surface area contributed by atoms with Crippen LogP contribution in [0.3, 0.4) is 0 Å². The van der Waals surface area contributed by atoms with Gasteiger partial charge in [-0.2, -0.15) is 0 Å². The van der Waals surface area contributed by atoms with Gasteiger partial charge in [-0.1, -0.05) is 23.7 Å².